The standard InChI is InChI=1S/C12H14N2O3/c1-2-17-12(16)10-6-9(7-14-8-10)4-3-5-11(13)15/h3-4,6-8H,2,5H2,1H3,(H2,13,15). The summed E-state index contributed by atoms with van der Waals surface area (Å²) in [7, 11) is 0. The Morgan fingerprint density at radius 3 is 2.88 bits per heavy atom. The van der Waals surface area contributed by atoms with Gasteiger partial charge in [0.05, 0.1) is 12.2 Å². The molecule has 0 bridgehead atoms. The third-order valence-corrected chi connectivity index (χ3v) is 1.90. The maximum Gasteiger partial charge on any atom is 0.339 e. The average Bonchev–Trinajstić information content (AvgIpc) is 2.29. The molecule has 0 radical (unpaired) electrons. The molecule has 5 nitrogen and oxygen atoms in total. The first-order valence-corrected chi connectivity index (χ1v) is 5.20. The van der Waals surface area contributed by atoms with Gasteiger partial charge in [-0.2, -0.15) is 0 Å². The summed E-state index contributed by atoms with van der Waals surface area (Å²) in [6.45, 7) is 2.06. The predicted octanol–water partition coefficient (Wildman–Crippen LogP) is 1.15. The minimum Gasteiger partial charge on any atom is -0.462 e. The number of carbonyl (C=O) groups is 2. The lowest BCUT2D eigenvalue weighted by molar-refractivity contribution is -0.117. The smallest absolute Gasteiger partial charge is 0.339 e. The van der Waals surface area contributed by atoms with Gasteiger partial charge in [-0.25, -0.2) is 4.79 Å². The largest absolute Gasteiger partial charge is 0.462 e. The number of rotatable bonds is 5. The lowest BCUT2D eigenvalue weighted by Gasteiger charge is -2.01. The lowest BCUT2D eigenvalue weighted by Crippen LogP contribution is -2.08. The van der Waals surface area contributed by atoms with Crippen molar-refractivity contribution in [1.82, 2.24) is 4.98 Å². The second-order valence-corrected chi connectivity index (χ2v) is 3.30. The maximum atomic E-state index is 11.4. The molecular weight excluding hydrogens is 220 g/mol. The first kappa shape index (κ1) is 12.9. The average molecular weight is 234 g/mol. The Morgan fingerprint density at radius 1 is 1.47 bits per heavy atom. The molecule has 1 amide bonds. The van der Waals surface area contributed by atoms with Crippen LogP contribution in [0.2, 0.25) is 0 Å². The molecule has 0 atom stereocenters. The molecule has 0 fully saturated rings. The second-order valence-electron chi connectivity index (χ2n) is 3.30. The molecule has 0 aromatic carbocycles. The number of hydrogen-bond acceptors (Lipinski definition) is 4. The van der Waals surface area contributed by atoms with E-state index in [1.165, 1.54) is 6.20 Å². The first-order chi connectivity index (χ1) is 8.13. The molecule has 0 aliphatic rings. The van der Waals surface area contributed by atoms with E-state index in [2.05, 4.69) is 4.98 Å². The van der Waals surface area contributed by atoms with Gasteiger partial charge in [0.25, 0.3) is 0 Å². The fraction of sp³-hybridized carbons (Fsp3) is 0.250. The maximum absolute atomic E-state index is 11.4. The number of esters is 1. The number of carbonyl (C=O) groups excluding carboxylic acids is 2. The normalized spacial score (nSPS) is 10.4. The third-order valence-electron chi connectivity index (χ3n) is 1.90. The highest BCUT2D eigenvalue weighted by molar-refractivity contribution is 5.89. The summed E-state index contributed by atoms with van der Waals surface area (Å²) >= 11 is 0. The minimum atomic E-state index is -0.412. The number of nitrogens with zero attached hydrogens (tertiary/aromatic N) is 1. The quantitative estimate of drug-likeness (QED) is 0.774. The molecule has 0 saturated heterocycles. The van der Waals surface area contributed by atoms with Gasteiger partial charge < -0.3 is 10.5 Å². The van der Waals surface area contributed by atoms with E-state index in [1.807, 2.05) is 0 Å². The number of hydrogen-bond donors (Lipinski definition) is 1. The van der Waals surface area contributed by atoms with Crippen LogP contribution in [0.4, 0.5) is 0 Å². The van der Waals surface area contributed by atoms with Crippen molar-refractivity contribution in [2.24, 2.45) is 5.73 Å². The van der Waals surface area contributed by atoms with Gasteiger partial charge in [0.15, 0.2) is 0 Å². The summed E-state index contributed by atoms with van der Waals surface area (Å²) in [6.07, 6.45) is 6.47. The highest BCUT2D eigenvalue weighted by Crippen LogP contribution is 2.06. The van der Waals surface area contributed by atoms with Crippen LogP contribution < -0.4 is 5.73 Å². The Morgan fingerprint density at radius 2 is 2.24 bits per heavy atom. The molecule has 5 heteroatoms. The van der Waals surface area contributed by atoms with Crippen LogP contribution in [0.15, 0.2) is 24.5 Å². The summed E-state index contributed by atoms with van der Waals surface area (Å²) in [5, 5.41) is 0. The summed E-state index contributed by atoms with van der Waals surface area (Å²) in [5.41, 5.74) is 6.10. The number of nitrogens with two attached hydrogens (primary N) is 1. The van der Waals surface area contributed by atoms with Crippen LogP contribution in [0.1, 0.15) is 29.3 Å². The van der Waals surface area contributed by atoms with E-state index in [4.69, 9.17) is 10.5 Å². The van der Waals surface area contributed by atoms with Crippen LogP contribution in [0.3, 0.4) is 0 Å². The fourth-order valence-corrected chi connectivity index (χ4v) is 1.19. The van der Waals surface area contributed by atoms with Crippen LogP contribution >= 0.6 is 0 Å². The number of pyridine rings is 1. The number of ether oxygens (including phenoxy) is 1. The minimum absolute atomic E-state index is 0.156. The van der Waals surface area contributed by atoms with Crippen LogP contribution in [-0.2, 0) is 9.53 Å². The van der Waals surface area contributed by atoms with Crippen molar-refractivity contribution in [2.75, 3.05) is 6.61 Å². The van der Waals surface area contributed by atoms with Crippen LogP contribution in [0.5, 0.6) is 0 Å². The van der Waals surface area contributed by atoms with E-state index < -0.39 is 11.9 Å². The monoisotopic (exact) mass is 234 g/mol. The van der Waals surface area contributed by atoms with Gasteiger partial charge in [-0.05, 0) is 18.6 Å². The van der Waals surface area contributed by atoms with Crippen molar-refractivity contribution in [1.29, 1.82) is 0 Å². The van der Waals surface area contributed by atoms with Crippen LogP contribution in [-0.4, -0.2) is 23.5 Å². The Labute approximate surface area is 99.3 Å². The Bertz CT molecular complexity index is 441. The third kappa shape index (κ3) is 4.46. The molecule has 0 aliphatic carbocycles. The Kier molecular flexibility index (Phi) is 4.87. The Hall–Kier alpha value is -2.17. The van der Waals surface area contributed by atoms with Crippen molar-refractivity contribution in [3.63, 3.8) is 0 Å². The van der Waals surface area contributed by atoms with Gasteiger partial charge in [0.1, 0.15) is 0 Å². The zero-order valence-corrected chi connectivity index (χ0v) is 9.55. The molecule has 1 aromatic heterocycles. The van der Waals surface area contributed by atoms with E-state index in [0.717, 1.165) is 5.56 Å². The predicted molar refractivity (Wildman–Crippen MR) is 63.0 cm³/mol. The zero-order valence-electron chi connectivity index (χ0n) is 9.55. The summed E-state index contributed by atoms with van der Waals surface area (Å²) in [5.74, 6) is -0.819. The summed E-state index contributed by atoms with van der Waals surface area (Å²) in [4.78, 5) is 25.9. The molecular formula is C12H14N2O3. The summed E-state index contributed by atoms with van der Waals surface area (Å²) in [6, 6.07) is 1.64. The number of amides is 1. The van der Waals surface area contributed by atoms with Crippen molar-refractivity contribution >= 4 is 18.0 Å². The zero-order chi connectivity index (χ0) is 12.7. The van der Waals surface area contributed by atoms with Gasteiger partial charge in [0, 0.05) is 18.8 Å². The van der Waals surface area contributed by atoms with E-state index >= 15 is 0 Å². The van der Waals surface area contributed by atoms with Crippen LogP contribution in [0, 0.1) is 0 Å². The van der Waals surface area contributed by atoms with Crippen molar-refractivity contribution in [3.8, 4) is 0 Å². The molecule has 0 saturated carbocycles. The lowest BCUT2D eigenvalue weighted by atomic mass is 10.2. The number of primary amides is 1. The fourth-order valence-electron chi connectivity index (χ4n) is 1.19. The van der Waals surface area contributed by atoms with Gasteiger partial charge in [-0.1, -0.05) is 12.2 Å². The van der Waals surface area contributed by atoms with Crippen LogP contribution in [0.25, 0.3) is 6.08 Å². The highest BCUT2D eigenvalue weighted by Gasteiger charge is 2.06. The van der Waals surface area contributed by atoms with E-state index in [0.29, 0.717) is 12.2 Å². The second kappa shape index (κ2) is 6.42. The van der Waals surface area contributed by atoms with Crippen molar-refractivity contribution < 1.29 is 14.3 Å². The SMILES string of the molecule is CCOC(=O)c1cncc(C=CCC(N)=O)c1. The van der Waals surface area contributed by atoms with E-state index in [-0.39, 0.29) is 6.42 Å². The molecule has 1 rings (SSSR count). The summed E-state index contributed by atoms with van der Waals surface area (Å²) < 4.78 is 4.85. The van der Waals surface area contributed by atoms with Crippen molar-refractivity contribution in [3.05, 3.63) is 35.7 Å². The molecule has 1 aromatic rings. The number of aromatic nitrogens is 1. The molecule has 1 heterocycles. The van der Waals surface area contributed by atoms with E-state index in [1.54, 1.807) is 31.3 Å². The van der Waals surface area contributed by atoms with Crippen molar-refractivity contribution in [2.45, 2.75) is 13.3 Å². The molecule has 0 unspecified atom stereocenters. The first-order valence-electron chi connectivity index (χ1n) is 5.20. The molecule has 17 heavy (non-hydrogen) atoms. The van der Waals surface area contributed by atoms with E-state index in [9.17, 15) is 9.59 Å². The highest BCUT2D eigenvalue weighted by atomic mass is 16.5. The Balaban J connectivity index is 2.75. The molecule has 2 N–H and O–H groups in total. The van der Waals surface area contributed by atoms with Gasteiger partial charge in [-0.3, -0.25) is 9.78 Å². The molecule has 90 valence electrons. The van der Waals surface area contributed by atoms with Gasteiger partial charge in [0.2, 0.25) is 5.91 Å². The van der Waals surface area contributed by atoms with Gasteiger partial charge >= 0.3 is 5.97 Å². The molecule has 0 spiro atoms. The molecule has 0 aliphatic heterocycles. The van der Waals surface area contributed by atoms with Gasteiger partial charge in [-0.15, -0.1) is 0 Å². The topological polar surface area (TPSA) is 82.3 Å².